The Hall–Kier alpha value is -2.49. The second kappa shape index (κ2) is 6.95. The normalized spacial score (nSPS) is 12.9. The van der Waals surface area contributed by atoms with E-state index in [9.17, 15) is 22.4 Å². The van der Waals surface area contributed by atoms with E-state index in [1.807, 2.05) is 0 Å². The van der Waals surface area contributed by atoms with Crippen LogP contribution >= 0.6 is 0 Å². The second-order valence-electron chi connectivity index (χ2n) is 5.20. The van der Waals surface area contributed by atoms with Gasteiger partial charge in [-0.05, 0) is 24.6 Å². The maximum Gasteiger partial charge on any atom is 0.435 e. The molecule has 1 unspecified atom stereocenters. The third-order valence-electron chi connectivity index (χ3n) is 3.25. The van der Waals surface area contributed by atoms with Gasteiger partial charge in [0.25, 0.3) is 5.91 Å². The van der Waals surface area contributed by atoms with Crippen LogP contribution in [-0.4, -0.2) is 34.0 Å². The quantitative estimate of drug-likeness (QED) is 0.809. The number of halogens is 4. The van der Waals surface area contributed by atoms with Crippen LogP contribution in [0.25, 0.3) is 5.69 Å². The Labute approximate surface area is 134 Å². The fraction of sp³-hybridized carbons (Fsp3) is 0.357. The minimum atomic E-state index is -4.95. The second-order valence-corrected chi connectivity index (χ2v) is 5.20. The van der Waals surface area contributed by atoms with Crippen LogP contribution < -0.4 is 11.1 Å². The molecule has 0 spiro atoms. The molecule has 1 amide bonds. The molecule has 0 aliphatic heterocycles. The predicted octanol–water partition coefficient (Wildman–Crippen LogP) is 1.75. The molecule has 0 aliphatic carbocycles. The lowest BCUT2D eigenvalue weighted by Crippen LogP contribution is -2.33. The zero-order valence-corrected chi connectivity index (χ0v) is 12.6. The lowest BCUT2D eigenvalue weighted by molar-refractivity contribution is -0.143. The van der Waals surface area contributed by atoms with E-state index in [-0.39, 0.29) is 23.7 Å². The van der Waals surface area contributed by atoms with E-state index < -0.39 is 35.0 Å². The van der Waals surface area contributed by atoms with Gasteiger partial charge in [0.15, 0.2) is 11.4 Å². The Balaban J connectivity index is 2.44. The zero-order valence-electron chi connectivity index (χ0n) is 12.6. The lowest BCUT2D eigenvalue weighted by Gasteiger charge is -2.12. The van der Waals surface area contributed by atoms with Gasteiger partial charge in [0.1, 0.15) is 11.5 Å². The van der Waals surface area contributed by atoms with Crippen molar-refractivity contribution < 1.29 is 22.4 Å². The van der Waals surface area contributed by atoms with Crippen molar-refractivity contribution in [1.82, 2.24) is 20.3 Å². The third kappa shape index (κ3) is 3.70. The van der Waals surface area contributed by atoms with E-state index >= 15 is 0 Å². The molecule has 2 rings (SSSR count). The average molecular weight is 345 g/mol. The highest BCUT2D eigenvalue weighted by Crippen LogP contribution is 2.33. The van der Waals surface area contributed by atoms with Gasteiger partial charge in [0.2, 0.25) is 0 Å². The van der Waals surface area contributed by atoms with Crippen LogP contribution in [0.1, 0.15) is 23.1 Å². The third-order valence-corrected chi connectivity index (χ3v) is 3.25. The molecular formula is C14H15F4N5O. The van der Waals surface area contributed by atoms with Crippen LogP contribution in [0.3, 0.4) is 0 Å². The van der Waals surface area contributed by atoms with Crippen LogP contribution in [0.2, 0.25) is 0 Å². The molecule has 1 atom stereocenters. The summed E-state index contributed by atoms with van der Waals surface area (Å²) in [5.41, 5.74) is 2.58. The largest absolute Gasteiger partial charge is 0.435 e. The summed E-state index contributed by atoms with van der Waals surface area (Å²) < 4.78 is 54.1. The van der Waals surface area contributed by atoms with Gasteiger partial charge < -0.3 is 11.1 Å². The van der Waals surface area contributed by atoms with Gasteiger partial charge in [0, 0.05) is 6.54 Å². The number of benzene rings is 1. The number of para-hydroxylation sites is 1. The topological polar surface area (TPSA) is 85.8 Å². The number of alkyl halides is 3. The van der Waals surface area contributed by atoms with E-state index in [0.29, 0.717) is 0 Å². The van der Waals surface area contributed by atoms with Crippen molar-refractivity contribution in [2.75, 3.05) is 13.1 Å². The van der Waals surface area contributed by atoms with E-state index in [1.54, 1.807) is 6.92 Å². The van der Waals surface area contributed by atoms with Gasteiger partial charge in [-0.15, -0.1) is 5.10 Å². The Bertz CT molecular complexity index is 728. The van der Waals surface area contributed by atoms with Crippen molar-refractivity contribution in [1.29, 1.82) is 0 Å². The monoisotopic (exact) mass is 345 g/mol. The number of aromatic nitrogens is 3. The number of amides is 1. The number of hydrogen-bond acceptors (Lipinski definition) is 4. The summed E-state index contributed by atoms with van der Waals surface area (Å²) in [7, 11) is 0. The highest BCUT2D eigenvalue weighted by atomic mass is 19.4. The van der Waals surface area contributed by atoms with Crippen LogP contribution in [0.5, 0.6) is 0 Å². The summed E-state index contributed by atoms with van der Waals surface area (Å²) in [6, 6.07) is 4.77. The first-order chi connectivity index (χ1) is 11.3. The maximum atomic E-state index is 13.8. The van der Waals surface area contributed by atoms with Crippen molar-refractivity contribution in [2.45, 2.75) is 13.1 Å². The predicted molar refractivity (Wildman–Crippen MR) is 76.9 cm³/mol. The smallest absolute Gasteiger partial charge is 0.350 e. The summed E-state index contributed by atoms with van der Waals surface area (Å²) in [5.74, 6) is -2.09. The maximum absolute atomic E-state index is 13.8. The molecule has 10 heteroatoms. The molecule has 0 saturated heterocycles. The molecule has 130 valence electrons. The fourth-order valence-electron chi connectivity index (χ4n) is 1.92. The average Bonchev–Trinajstić information content (AvgIpc) is 2.97. The summed E-state index contributed by atoms with van der Waals surface area (Å²) >= 11 is 0. The Morgan fingerprint density at radius 3 is 2.62 bits per heavy atom. The first-order valence-corrected chi connectivity index (χ1v) is 7.01. The number of hydrogen-bond donors (Lipinski definition) is 2. The lowest BCUT2D eigenvalue weighted by atomic mass is 10.2. The molecule has 0 fully saturated rings. The summed E-state index contributed by atoms with van der Waals surface area (Å²) in [4.78, 5) is 12.0. The van der Waals surface area contributed by atoms with Crippen molar-refractivity contribution in [3.63, 3.8) is 0 Å². The van der Waals surface area contributed by atoms with Crippen molar-refractivity contribution in [3.05, 3.63) is 41.5 Å². The van der Waals surface area contributed by atoms with Gasteiger partial charge in [-0.25, -0.2) is 9.07 Å². The number of carbonyl (C=O) groups is 1. The molecule has 2 aromatic rings. The number of nitrogens with zero attached hydrogens (tertiary/aromatic N) is 3. The number of nitrogens with two attached hydrogens (primary N) is 1. The molecule has 1 heterocycles. The SMILES string of the molecule is CC(CN)CNC(=O)c1nnn(-c2ccccc2F)c1C(F)(F)F. The first kappa shape index (κ1) is 17.9. The molecule has 0 radical (unpaired) electrons. The molecule has 1 aromatic heterocycles. The van der Waals surface area contributed by atoms with Crippen LogP contribution in [-0.2, 0) is 6.18 Å². The Morgan fingerprint density at radius 2 is 2.04 bits per heavy atom. The number of nitrogens with one attached hydrogen (secondary N) is 1. The molecule has 0 aliphatic rings. The van der Waals surface area contributed by atoms with E-state index in [2.05, 4.69) is 15.6 Å². The minimum Gasteiger partial charge on any atom is -0.350 e. The molecule has 0 bridgehead atoms. The molecule has 3 N–H and O–H groups in total. The molecule has 1 aromatic carbocycles. The summed E-state index contributed by atoms with van der Waals surface area (Å²) in [6.45, 7) is 2.06. The number of rotatable bonds is 5. The highest BCUT2D eigenvalue weighted by molar-refractivity contribution is 5.93. The van der Waals surface area contributed by atoms with Crippen molar-refractivity contribution in [3.8, 4) is 5.69 Å². The van der Waals surface area contributed by atoms with Crippen molar-refractivity contribution in [2.24, 2.45) is 11.7 Å². The van der Waals surface area contributed by atoms with Crippen molar-refractivity contribution >= 4 is 5.91 Å². The highest BCUT2D eigenvalue weighted by Gasteiger charge is 2.42. The standard InChI is InChI=1S/C14H15F4N5O/c1-8(6-19)7-20-13(24)11-12(14(16,17)18)23(22-21-11)10-5-3-2-4-9(10)15/h2-5,8H,6-7,19H2,1H3,(H,20,24). The summed E-state index contributed by atoms with van der Waals surface area (Å²) in [6.07, 6.45) is -4.95. The van der Waals surface area contributed by atoms with Gasteiger partial charge >= 0.3 is 6.18 Å². The van der Waals surface area contributed by atoms with Crippen LogP contribution in [0.4, 0.5) is 17.6 Å². The van der Waals surface area contributed by atoms with E-state index in [1.165, 1.54) is 12.1 Å². The fourth-order valence-corrected chi connectivity index (χ4v) is 1.92. The Morgan fingerprint density at radius 1 is 1.38 bits per heavy atom. The van der Waals surface area contributed by atoms with E-state index in [4.69, 9.17) is 5.73 Å². The molecular weight excluding hydrogens is 330 g/mol. The van der Waals surface area contributed by atoms with Gasteiger partial charge in [0.05, 0.1) is 0 Å². The first-order valence-electron chi connectivity index (χ1n) is 7.01. The van der Waals surface area contributed by atoms with Gasteiger partial charge in [-0.3, -0.25) is 4.79 Å². The number of carbonyl (C=O) groups excluding carboxylic acids is 1. The van der Waals surface area contributed by atoms with E-state index in [0.717, 1.165) is 12.1 Å². The molecule has 6 nitrogen and oxygen atoms in total. The minimum absolute atomic E-state index is 0.0825. The molecule has 0 saturated carbocycles. The van der Waals surface area contributed by atoms with Crippen LogP contribution in [0.15, 0.2) is 24.3 Å². The van der Waals surface area contributed by atoms with Gasteiger partial charge in [-0.1, -0.05) is 24.3 Å². The van der Waals surface area contributed by atoms with Crippen LogP contribution in [0, 0.1) is 11.7 Å². The Kier molecular flexibility index (Phi) is 5.17. The van der Waals surface area contributed by atoms with Gasteiger partial charge in [-0.2, -0.15) is 13.2 Å². The zero-order chi connectivity index (χ0) is 17.9. The molecule has 24 heavy (non-hydrogen) atoms. The summed E-state index contributed by atoms with van der Waals surface area (Å²) in [5, 5.41) is 8.90.